The van der Waals surface area contributed by atoms with Crippen molar-refractivity contribution in [2.45, 2.75) is 30.2 Å². The van der Waals surface area contributed by atoms with Crippen LogP contribution in [0.3, 0.4) is 0 Å². The number of aliphatic hydroxyl groups is 1. The highest BCUT2D eigenvalue weighted by Crippen LogP contribution is 2.25. The molecule has 1 N–H and O–H groups in total. The predicted octanol–water partition coefficient (Wildman–Crippen LogP) is 2.47. The van der Waals surface area contributed by atoms with E-state index < -0.39 is 6.10 Å². The first-order chi connectivity index (χ1) is 7.02. The summed E-state index contributed by atoms with van der Waals surface area (Å²) in [5.74, 6) is 0. The molecule has 0 saturated carbocycles. The normalized spacial score (nSPS) is 14.3. The number of halogens is 1. The summed E-state index contributed by atoms with van der Waals surface area (Å²) in [5.41, 5.74) is 0.482. The van der Waals surface area contributed by atoms with Crippen molar-refractivity contribution in [3.8, 4) is 6.07 Å². The second-order valence-corrected chi connectivity index (χ2v) is 4.98. The number of pyridine rings is 1. The lowest BCUT2D eigenvalue weighted by molar-refractivity contribution is 0.196. The van der Waals surface area contributed by atoms with Crippen molar-refractivity contribution in [3.63, 3.8) is 0 Å². The van der Waals surface area contributed by atoms with Gasteiger partial charge in [0.1, 0.15) is 5.15 Å². The van der Waals surface area contributed by atoms with Crippen LogP contribution in [0.15, 0.2) is 17.2 Å². The number of aliphatic hydroxyl groups excluding tert-OH is 1. The Hall–Kier alpha value is -0.760. The molecule has 3 nitrogen and oxygen atoms in total. The number of thioether (sulfide) groups is 1. The summed E-state index contributed by atoms with van der Waals surface area (Å²) >= 11 is 7.15. The summed E-state index contributed by atoms with van der Waals surface area (Å²) in [6.45, 7) is 3.61. The lowest BCUT2D eigenvalue weighted by Crippen LogP contribution is -2.15. The van der Waals surface area contributed by atoms with Crippen molar-refractivity contribution in [3.05, 3.63) is 22.8 Å². The third-order valence-corrected chi connectivity index (χ3v) is 3.30. The molecule has 0 bridgehead atoms. The van der Waals surface area contributed by atoms with Gasteiger partial charge in [0, 0.05) is 5.25 Å². The van der Waals surface area contributed by atoms with Crippen LogP contribution in [0, 0.1) is 11.3 Å². The van der Waals surface area contributed by atoms with Gasteiger partial charge in [-0.1, -0.05) is 18.5 Å². The Morgan fingerprint density at radius 2 is 2.20 bits per heavy atom. The Morgan fingerprint density at radius 1 is 1.53 bits per heavy atom. The maximum Gasteiger partial charge on any atom is 0.131 e. The molecule has 2 atom stereocenters. The number of hydrogen-bond acceptors (Lipinski definition) is 4. The smallest absolute Gasteiger partial charge is 0.131 e. The van der Waals surface area contributed by atoms with E-state index in [9.17, 15) is 5.11 Å². The van der Waals surface area contributed by atoms with Gasteiger partial charge in [-0.25, -0.2) is 4.98 Å². The van der Waals surface area contributed by atoms with Gasteiger partial charge in [0.15, 0.2) is 0 Å². The SMILES string of the molecule is CC(O)C(C)Sc1cc(C#N)cc(Cl)n1. The highest BCUT2D eigenvalue weighted by molar-refractivity contribution is 7.99. The Morgan fingerprint density at radius 3 is 2.73 bits per heavy atom. The van der Waals surface area contributed by atoms with Crippen LogP contribution in [-0.4, -0.2) is 21.4 Å². The molecule has 0 amide bonds. The van der Waals surface area contributed by atoms with Crippen molar-refractivity contribution in [2.24, 2.45) is 0 Å². The summed E-state index contributed by atoms with van der Waals surface area (Å²) in [5, 5.41) is 19.0. The minimum atomic E-state index is -0.429. The molecule has 0 spiro atoms. The minimum Gasteiger partial charge on any atom is -0.392 e. The Kier molecular flexibility index (Phi) is 4.40. The average molecular weight is 243 g/mol. The van der Waals surface area contributed by atoms with Crippen molar-refractivity contribution in [2.75, 3.05) is 0 Å². The molecule has 0 fully saturated rings. The van der Waals surface area contributed by atoms with Gasteiger partial charge >= 0.3 is 0 Å². The zero-order valence-corrected chi connectivity index (χ0v) is 10.0. The Balaban J connectivity index is 2.87. The number of nitrogens with zero attached hydrogens (tertiary/aromatic N) is 2. The van der Waals surface area contributed by atoms with Crippen LogP contribution >= 0.6 is 23.4 Å². The third-order valence-electron chi connectivity index (χ3n) is 1.89. The topological polar surface area (TPSA) is 56.9 Å². The summed E-state index contributed by atoms with van der Waals surface area (Å²) in [6.07, 6.45) is -0.429. The van der Waals surface area contributed by atoms with Gasteiger partial charge in [-0.3, -0.25) is 0 Å². The summed E-state index contributed by atoms with van der Waals surface area (Å²) < 4.78 is 0. The molecule has 15 heavy (non-hydrogen) atoms. The van der Waals surface area contributed by atoms with E-state index >= 15 is 0 Å². The molecule has 0 radical (unpaired) electrons. The van der Waals surface area contributed by atoms with Gasteiger partial charge in [0.2, 0.25) is 0 Å². The van der Waals surface area contributed by atoms with Gasteiger partial charge in [-0.2, -0.15) is 5.26 Å². The molecule has 1 rings (SSSR count). The maximum atomic E-state index is 9.33. The summed E-state index contributed by atoms with van der Waals surface area (Å²) in [4.78, 5) is 4.07. The maximum absolute atomic E-state index is 9.33. The monoisotopic (exact) mass is 242 g/mol. The molecule has 0 aromatic carbocycles. The quantitative estimate of drug-likeness (QED) is 0.654. The van der Waals surface area contributed by atoms with Crippen LogP contribution in [0.4, 0.5) is 0 Å². The Bertz CT molecular complexity index is 389. The van der Waals surface area contributed by atoms with Gasteiger partial charge in [0.25, 0.3) is 0 Å². The summed E-state index contributed by atoms with van der Waals surface area (Å²) in [7, 11) is 0. The standard InChI is InChI=1S/C10H11ClN2OS/c1-6(14)7(2)15-10-4-8(5-12)3-9(11)13-10/h3-4,6-7,14H,1-2H3. The fourth-order valence-corrected chi connectivity index (χ4v) is 2.07. The second kappa shape index (κ2) is 5.36. The molecular formula is C10H11ClN2OS. The highest BCUT2D eigenvalue weighted by Gasteiger charge is 2.12. The molecule has 2 unspecified atom stereocenters. The number of nitriles is 1. The first-order valence-electron chi connectivity index (χ1n) is 4.45. The lowest BCUT2D eigenvalue weighted by atomic mass is 10.3. The van der Waals surface area contributed by atoms with Crippen LogP contribution in [0.25, 0.3) is 0 Å². The Labute approximate surface area is 98.1 Å². The first-order valence-corrected chi connectivity index (χ1v) is 5.71. The third kappa shape index (κ3) is 3.71. The molecule has 0 aliphatic rings. The lowest BCUT2D eigenvalue weighted by Gasteiger charge is -2.13. The van der Waals surface area contributed by atoms with E-state index in [1.54, 1.807) is 13.0 Å². The van der Waals surface area contributed by atoms with E-state index in [0.717, 1.165) is 0 Å². The van der Waals surface area contributed by atoms with Crippen LogP contribution in [0.5, 0.6) is 0 Å². The number of rotatable bonds is 3. The average Bonchev–Trinajstić information content (AvgIpc) is 2.16. The fourth-order valence-electron chi connectivity index (χ4n) is 0.887. The molecule has 5 heteroatoms. The van der Waals surface area contributed by atoms with Crippen LogP contribution in [0.1, 0.15) is 19.4 Å². The van der Waals surface area contributed by atoms with Gasteiger partial charge < -0.3 is 5.11 Å². The van der Waals surface area contributed by atoms with E-state index in [4.69, 9.17) is 16.9 Å². The van der Waals surface area contributed by atoms with Gasteiger partial charge in [-0.05, 0) is 19.1 Å². The first kappa shape index (κ1) is 12.3. The molecule has 0 aliphatic heterocycles. The van der Waals surface area contributed by atoms with Crippen LogP contribution in [0.2, 0.25) is 5.15 Å². The van der Waals surface area contributed by atoms with Crippen molar-refractivity contribution in [1.29, 1.82) is 5.26 Å². The van der Waals surface area contributed by atoms with Crippen LogP contribution in [-0.2, 0) is 0 Å². The molecule has 1 aromatic heterocycles. The molecule has 1 heterocycles. The van der Waals surface area contributed by atoms with Gasteiger partial charge in [0.05, 0.1) is 22.8 Å². The largest absolute Gasteiger partial charge is 0.392 e. The second-order valence-electron chi connectivity index (χ2n) is 3.19. The fraction of sp³-hybridized carbons (Fsp3) is 0.400. The predicted molar refractivity (Wildman–Crippen MR) is 61.0 cm³/mol. The van der Waals surface area contributed by atoms with E-state index in [-0.39, 0.29) is 5.25 Å². The van der Waals surface area contributed by atoms with E-state index in [2.05, 4.69) is 4.98 Å². The van der Waals surface area contributed by atoms with Crippen molar-refractivity contribution < 1.29 is 5.11 Å². The van der Waals surface area contributed by atoms with Crippen molar-refractivity contribution in [1.82, 2.24) is 4.98 Å². The van der Waals surface area contributed by atoms with E-state index in [1.807, 2.05) is 13.0 Å². The summed E-state index contributed by atoms with van der Waals surface area (Å²) in [6, 6.07) is 5.19. The zero-order valence-electron chi connectivity index (χ0n) is 8.44. The molecule has 0 aliphatic carbocycles. The molecular weight excluding hydrogens is 232 g/mol. The highest BCUT2D eigenvalue weighted by atomic mass is 35.5. The minimum absolute atomic E-state index is 0.0162. The molecule has 0 saturated heterocycles. The number of aromatic nitrogens is 1. The van der Waals surface area contributed by atoms with E-state index in [1.165, 1.54) is 17.8 Å². The van der Waals surface area contributed by atoms with Crippen molar-refractivity contribution >= 4 is 23.4 Å². The zero-order chi connectivity index (χ0) is 11.4. The van der Waals surface area contributed by atoms with Gasteiger partial charge in [-0.15, -0.1) is 11.8 Å². The molecule has 80 valence electrons. The van der Waals surface area contributed by atoms with E-state index in [0.29, 0.717) is 15.7 Å². The molecule has 1 aromatic rings. The van der Waals surface area contributed by atoms with Crippen LogP contribution < -0.4 is 0 Å². The number of hydrogen-bond donors (Lipinski definition) is 1.